The fourth-order valence-electron chi connectivity index (χ4n) is 1.85. The Labute approximate surface area is 118 Å². The summed E-state index contributed by atoms with van der Waals surface area (Å²) in [5.74, 6) is -0.211. The van der Waals surface area contributed by atoms with Gasteiger partial charge in [-0.1, -0.05) is 18.2 Å². The Morgan fingerprint density at radius 1 is 1.10 bits per heavy atom. The largest absolute Gasteiger partial charge is 0.573 e. The van der Waals surface area contributed by atoms with Crippen molar-refractivity contribution < 1.29 is 27.8 Å². The Bertz CT molecular complexity index is 616. The van der Waals surface area contributed by atoms with Crippen LogP contribution in [0.4, 0.5) is 13.2 Å². The highest BCUT2D eigenvalue weighted by Gasteiger charge is 2.33. The van der Waals surface area contributed by atoms with Crippen molar-refractivity contribution in [2.24, 2.45) is 0 Å². The Morgan fingerprint density at radius 3 is 2.43 bits per heavy atom. The van der Waals surface area contributed by atoms with Crippen LogP contribution in [0.3, 0.4) is 0 Å². The van der Waals surface area contributed by atoms with Gasteiger partial charge >= 0.3 is 6.36 Å². The van der Waals surface area contributed by atoms with Crippen molar-refractivity contribution >= 4 is 0 Å². The number of benzene rings is 1. The molecule has 0 aliphatic carbocycles. The van der Waals surface area contributed by atoms with E-state index < -0.39 is 18.2 Å². The molecule has 0 fully saturated rings. The first kappa shape index (κ1) is 15.1. The van der Waals surface area contributed by atoms with Crippen molar-refractivity contribution in [3.05, 3.63) is 53.9 Å². The highest BCUT2D eigenvalue weighted by molar-refractivity contribution is 5.42. The van der Waals surface area contributed by atoms with E-state index in [0.29, 0.717) is 0 Å². The summed E-state index contributed by atoms with van der Waals surface area (Å²) in [6.45, 7) is 0. The zero-order valence-electron chi connectivity index (χ0n) is 11.0. The number of methoxy groups -OCH3 is 1. The molecule has 1 aromatic heterocycles. The second-order valence-electron chi connectivity index (χ2n) is 4.08. The van der Waals surface area contributed by atoms with Gasteiger partial charge in [-0.15, -0.1) is 13.2 Å². The molecule has 0 aliphatic heterocycles. The molecular weight excluding hydrogens is 287 g/mol. The zero-order valence-corrected chi connectivity index (χ0v) is 11.0. The predicted octanol–water partition coefficient (Wildman–Crippen LogP) is 3.07. The van der Waals surface area contributed by atoms with Crippen molar-refractivity contribution in [3.8, 4) is 11.5 Å². The van der Waals surface area contributed by atoms with Crippen LogP contribution in [0, 0.1) is 0 Å². The second-order valence-corrected chi connectivity index (χ2v) is 4.08. The van der Waals surface area contributed by atoms with Crippen molar-refractivity contribution in [1.29, 1.82) is 0 Å². The molecular formula is C14H12F3NO3. The van der Waals surface area contributed by atoms with E-state index in [0.717, 1.165) is 6.07 Å². The third-order valence-electron chi connectivity index (χ3n) is 2.72. The van der Waals surface area contributed by atoms with Gasteiger partial charge in [-0.05, 0) is 18.2 Å². The van der Waals surface area contributed by atoms with Gasteiger partial charge in [0.2, 0.25) is 0 Å². The van der Waals surface area contributed by atoms with Crippen molar-refractivity contribution in [2.45, 2.75) is 12.5 Å². The quantitative estimate of drug-likeness (QED) is 0.942. The number of para-hydroxylation sites is 1. The first-order chi connectivity index (χ1) is 9.92. The Morgan fingerprint density at radius 2 is 1.76 bits per heavy atom. The van der Waals surface area contributed by atoms with Gasteiger partial charge in [0.05, 0.1) is 7.11 Å². The van der Waals surface area contributed by atoms with Gasteiger partial charge in [-0.25, -0.2) is 0 Å². The molecule has 0 aliphatic rings. The number of rotatable bonds is 4. The standard InChI is InChI=1S/C14H12F3NO3/c1-20-11-7-4-8-18-12(11)13(19)9-5-2-3-6-10(9)21-14(15,16)17/h2-8,13,19H,1H3. The predicted molar refractivity (Wildman–Crippen MR) is 68.0 cm³/mol. The van der Waals surface area contributed by atoms with Gasteiger partial charge in [-0.2, -0.15) is 0 Å². The molecule has 1 aromatic carbocycles. The van der Waals surface area contributed by atoms with Crippen molar-refractivity contribution in [2.75, 3.05) is 7.11 Å². The van der Waals surface area contributed by atoms with Gasteiger partial charge in [-0.3, -0.25) is 4.98 Å². The third kappa shape index (κ3) is 3.63. The average Bonchev–Trinajstić information content (AvgIpc) is 2.45. The second kappa shape index (κ2) is 6.01. The number of aliphatic hydroxyl groups excluding tert-OH is 1. The molecule has 1 unspecified atom stereocenters. The first-order valence-corrected chi connectivity index (χ1v) is 5.94. The SMILES string of the molecule is COc1cccnc1C(O)c1ccccc1OC(F)(F)F. The fraction of sp³-hybridized carbons (Fsp3) is 0.214. The highest BCUT2D eigenvalue weighted by atomic mass is 19.4. The monoisotopic (exact) mass is 299 g/mol. The fourth-order valence-corrected chi connectivity index (χ4v) is 1.85. The van der Waals surface area contributed by atoms with E-state index in [9.17, 15) is 18.3 Å². The number of alkyl halides is 3. The maximum Gasteiger partial charge on any atom is 0.573 e. The van der Waals surface area contributed by atoms with Crippen LogP contribution in [0.15, 0.2) is 42.6 Å². The van der Waals surface area contributed by atoms with Crippen LogP contribution in [-0.4, -0.2) is 23.6 Å². The van der Waals surface area contributed by atoms with Gasteiger partial charge in [0.1, 0.15) is 23.3 Å². The molecule has 2 rings (SSSR count). The summed E-state index contributed by atoms with van der Waals surface area (Å²) < 4.78 is 46.1. The molecule has 0 radical (unpaired) electrons. The van der Waals surface area contributed by atoms with Crippen LogP contribution < -0.4 is 9.47 Å². The molecule has 1 heterocycles. The molecule has 1 N–H and O–H groups in total. The van der Waals surface area contributed by atoms with Crippen LogP contribution in [0.1, 0.15) is 17.4 Å². The van der Waals surface area contributed by atoms with Gasteiger partial charge in [0.15, 0.2) is 0 Å². The lowest BCUT2D eigenvalue weighted by atomic mass is 10.0. The number of ether oxygens (including phenoxy) is 2. The van der Waals surface area contributed by atoms with Crippen LogP contribution >= 0.6 is 0 Å². The number of aromatic nitrogens is 1. The molecule has 21 heavy (non-hydrogen) atoms. The summed E-state index contributed by atoms with van der Waals surface area (Å²) >= 11 is 0. The normalized spacial score (nSPS) is 12.8. The van der Waals surface area contributed by atoms with E-state index in [1.165, 1.54) is 31.5 Å². The minimum atomic E-state index is -4.84. The number of hydrogen-bond donors (Lipinski definition) is 1. The van der Waals surface area contributed by atoms with Gasteiger partial charge in [0, 0.05) is 11.8 Å². The lowest BCUT2D eigenvalue weighted by Crippen LogP contribution is -2.19. The maximum absolute atomic E-state index is 12.4. The van der Waals surface area contributed by atoms with E-state index in [-0.39, 0.29) is 17.0 Å². The topological polar surface area (TPSA) is 51.6 Å². The van der Waals surface area contributed by atoms with Gasteiger partial charge < -0.3 is 14.6 Å². The summed E-state index contributed by atoms with van der Waals surface area (Å²) in [4.78, 5) is 3.95. The molecule has 0 amide bonds. The lowest BCUT2D eigenvalue weighted by molar-refractivity contribution is -0.275. The number of hydrogen-bond acceptors (Lipinski definition) is 4. The van der Waals surface area contributed by atoms with Crippen LogP contribution in [0.2, 0.25) is 0 Å². The number of halogens is 3. The summed E-state index contributed by atoms with van der Waals surface area (Å²) in [7, 11) is 1.38. The number of pyridine rings is 1. The molecule has 4 nitrogen and oxygen atoms in total. The first-order valence-electron chi connectivity index (χ1n) is 5.94. The molecule has 112 valence electrons. The average molecular weight is 299 g/mol. The van der Waals surface area contributed by atoms with E-state index in [1.54, 1.807) is 12.1 Å². The van der Waals surface area contributed by atoms with Crippen LogP contribution in [0.5, 0.6) is 11.5 Å². The molecule has 0 saturated carbocycles. The smallest absolute Gasteiger partial charge is 0.495 e. The Kier molecular flexibility index (Phi) is 4.32. The Balaban J connectivity index is 2.42. The van der Waals surface area contributed by atoms with Crippen molar-refractivity contribution in [3.63, 3.8) is 0 Å². The highest BCUT2D eigenvalue weighted by Crippen LogP contribution is 2.35. The summed E-state index contributed by atoms with van der Waals surface area (Å²) in [5, 5.41) is 10.3. The number of nitrogens with zero attached hydrogens (tertiary/aromatic N) is 1. The minimum absolute atomic E-state index is 0.0492. The number of aliphatic hydroxyl groups is 1. The van der Waals surface area contributed by atoms with E-state index >= 15 is 0 Å². The van der Waals surface area contributed by atoms with Crippen LogP contribution in [-0.2, 0) is 0 Å². The molecule has 0 spiro atoms. The zero-order chi connectivity index (χ0) is 15.5. The van der Waals surface area contributed by atoms with E-state index in [4.69, 9.17) is 4.74 Å². The molecule has 2 aromatic rings. The van der Waals surface area contributed by atoms with E-state index in [1.807, 2.05) is 0 Å². The van der Waals surface area contributed by atoms with Crippen molar-refractivity contribution in [1.82, 2.24) is 4.98 Å². The summed E-state index contributed by atoms with van der Waals surface area (Å²) in [6, 6.07) is 8.48. The summed E-state index contributed by atoms with van der Waals surface area (Å²) in [6.07, 6.45) is -4.84. The van der Waals surface area contributed by atoms with E-state index in [2.05, 4.69) is 9.72 Å². The third-order valence-corrected chi connectivity index (χ3v) is 2.72. The Hall–Kier alpha value is -2.28. The molecule has 0 saturated heterocycles. The minimum Gasteiger partial charge on any atom is -0.495 e. The molecule has 7 heteroatoms. The molecule has 1 atom stereocenters. The van der Waals surface area contributed by atoms with Gasteiger partial charge in [0.25, 0.3) is 0 Å². The molecule has 0 bridgehead atoms. The van der Waals surface area contributed by atoms with Crippen LogP contribution in [0.25, 0.3) is 0 Å². The maximum atomic E-state index is 12.4. The summed E-state index contributed by atoms with van der Waals surface area (Å²) in [5.41, 5.74) is 0.0602. The lowest BCUT2D eigenvalue weighted by Gasteiger charge is -2.18.